The minimum Gasteiger partial charge on any atom is -0.395 e. The van der Waals surface area contributed by atoms with Gasteiger partial charge in [0.05, 0.1) is 12.1 Å². The fourth-order valence-corrected chi connectivity index (χ4v) is 1.69. The summed E-state index contributed by atoms with van der Waals surface area (Å²) in [6, 6.07) is 1.49. The first-order valence-electron chi connectivity index (χ1n) is 7.48. The molecule has 1 heterocycles. The topological polar surface area (TPSA) is 134 Å². The lowest BCUT2D eigenvalue weighted by molar-refractivity contribution is -0.904. The maximum atomic E-state index is 11.9. The Morgan fingerprint density at radius 3 is 2.75 bits per heavy atom. The van der Waals surface area contributed by atoms with E-state index >= 15 is 0 Å². The Labute approximate surface area is 140 Å². The lowest BCUT2D eigenvalue weighted by Gasteiger charge is -2.19. The molecule has 0 aliphatic carbocycles. The molecule has 0 radical (unpaired) electrons. The minimum absolute atomic E-state index is 0.106. The van der Waals surface area contributed by atoms with Gasteiger partial charge < -0.3 is 15.7 Å². The zero-order chi connectivity index (χ0) is 18.2. The first kappa shape index (κ1) is 19.2. The molecule has 0 spiro atoms. The van der Waals surface area contributed by atoms with Gasteiger partial charge in [0.25, 0.3) is 5.91 Å². The molecule has 0 unspecified atom stereocenters. The number of aliphatic hydroxyl groups excluding tert-OH is 1. The van der Waals surface area contributed by atoms with E-state index < -0.39 is 11.4 Å². The van der Waals surface area contributed by atoms with Crippen molar-refractivity contribution in [3.8, 4) is 6.19 Å². The number of aliphatic hydroxyl groups is 1. The van der Waals surface area contributed by atoms with Crippen LogP contribution in [0.25, 0.3) is 0 Å². The molecule has 0 aliphatic heterocycles. The summed E-state index contributed by atoms with van der Waals surface area (Å²) in [6.45, 7) is 5.73. The van der Waals surface area contributed by atoms with Crippen molar-refractivity contribution < 1.29 is 19.8 Å². The van der Waals surface area contributed by atoms with Gasteiger partial charge in [0.1, 0.15) is 11.3 Å². The molecular weight excluding hydrogens is 312 g/mol. The lowest BCUT2D eigenvalue weighted by atomic mass is 10.0. The molecule has 0 aromatic carbocycles. The summed E-state index contributed by atoms with van der Waals surface area (Å²) >= 11 is 0. The first-order valence-corrected chi connectivity index (χ1v) is 7.48. The third-order valence-electron chi connectivity index (χ3n) is 3.23. The predicted molar refractivity (Wildman–Crippen MR) is 87.4 cm³/mol. The number of aliphatic imine (C=N–C) groups is 1. The Balaban J connectivity index is 3.06. The molecule has 0 aliphatic rings. The largest absolute Gasteiger partial charge is 0.395 e. The second-order valence-corrected chi connectivity index (χ2v) is 5.66. The monoisotopic (exact) mass is 335 g/mol. The first-order chi connectivity index (χ1) is 11.3. The number of aromatic nitrogens is 1. The van der Waals surface area contributed by atoms with Gasteiger partial charge >= 0.3 is 0 Å². The zero-order valence-corrected chi connectivity index (χ0v) is 14.0. The lowest BCUT2D eigenvalue weighted by Crippen LogP contribution is -2.36. The van der Waals surface area contributed by atoms with Crippen LogP contribution in [0.15, 0.2) is 23.5 Å². The van der Waals surface area contributed by atoms with E-state index in [-0.39, 0.29) is 24.7 Å². The molecule has 24 heavy (non-hydrogen) atoms. The van der Waals surface area contributed by atoms with E-state index in [4.69, 9.17) is 10.4 Å². The highest BCUT2D eigenvalue weighted by Gasteiger charge is 2.17. The van der Waals surface area contributed by atoms with Gasteiger partial charge in [-0.3, -0.25) is 15.3 Å². The molecule has 5 N–H and O–H groups in total. The Kier molecular flexibility index (Phi) is 6.95. The Morgan fingerprint density at radius 2 is 2.17 bits per heavy atom. The fourth-order valence-electron chi connectivity index (χ4n) is 1.69. The smallest absolute Gasteiger partial charge is 0.257 e. The highest BCUT2D eigenvalue weighted by Crippen LogP contribution is 2.14. The molecule has 1 aromatic rings. The molecule has 130 valence electrons. The molecule has 9 heteroatoms. The van der Waals surface area contributed by atoms with Crippen molar-refractivity contribution in [1.82, 2.24) is 10.6 Å². The summed E-state index contributed by atoms with van der Waals surface area (Å²) in [6.07, 6.45) is 5.11. The maximum absolute atomic E-state index is 11.9. The van der Waals surface area contributed by atoms with Gasteiger partial charge in [0, 0.05) is 11.3 Å². The Bertz CT molecular complexity index is 651. The average molecular weight is 335 g/mol. The van der Waals surface area contributed by atoms with Gasteiger partial charge in [0.2, 0.25) is 18.4 Å². The number of pyridine rings is 1. The predicted octanol–water partition coefficient (Wildman–Crippen LogP) is -0.0393. The van der Waals surface area contributed by atoms with Crippen LogP contribution in [0.3, 0.4) is 0 Å². The van der Waals surface area contributed by atoms with Crippen molar-refractivity contribution in [2.45, 2.75) is 32.7 Å². The number of amides is 1. The molecule has 0 bridgehead atoms. The van der Waals surface area contributed by atoms with Crippen LogP contribution in [0, 0.1) is 11.5 Å². The van der Waals surface area contributed by atoms with Crippen LogP contribution in [0.5, 0.6) is 0 Å². The number of anilines is 1. The molecule has 9 nitrogen and oxygen atoms in total. The SMILES string of the molecule is CCC(C)(C)N=C(NC#N)Nc1cc(C(=O)NCCO)c[n+](O)c1. The third kappa shape index (κ3) is 6.10. The molecule has 0 fully saturated rings. The number of rotatable bonds is 6. The number of nitrogens with one attached hydrogen (secondary N) is 3. The molecule has 0 saturated carbocycles. The van der Waals surface area contributed by atoms with Crippen molar-refractivity contribution in [1.29, 1.82) is 5.26 Å². The van der Waals surface area contributed by atoms with Gasteiger partial charge in [-0.1, -0.05) is 6.92 Å². The molecule has 0 atom stereocenters. The van der Waals surface area contributed by atoms with Gasteiger partial charge in [0.15, 0.2) is 6.19 Å². The summed E-state index contributed by atoms with van der Waals surface area (Å²) < 4.78 is 0.727. The van der Waals surface area contributed by atoms with E-state index in [1.807, 2.05) is 20.8 Å². The summed E-state index contributed by atoms with van der Waals surface area (Å²) in [5, 5.41) is 35.1. The second kappa shape index (κ2) is 8.69. The van der Waals surface area contributed by atoms with Crippen LogP contribution in [0.2, 0.25) is 0 Å². The van der Waals surface area contributed by atoms with Crippen LogP contribution in [0.1, 0.15) is 37.6 Å². The summed E-state index contributed by atoms with van der Waals surface area (Å²) in [7, 11) is 0. The van der Waals surface area contributed by atoms with Crippen LogP contribution in [0.4, 0.5) is 5.69 Å². The van der Waals surface area contributed by atoms with Crippen molar-refractivity contribution in [3.05, 3.63) is 24.0 Å². The Hall–Kier alpha value is -2.86. The number of guanidine groups is 1. The van der Waals surface area contributed by atoms with Crippen molar-refractivity contribution in [2.24, 2.45) is 4.99 Å². The molecule has 1 amide bonds. The van der Waals surface area contributed by atoms with Gasteiger partial charge in [-0.05, 0) is 26.3 Å². The zero-order valence-electron chi connectivity index (χ0n) is 14.0. The molecular formula is C15H23N6O3+. The summed E-state index contributed by atoms with van der Waals surface area (Å²) in [5.41, 5.74) is 0.155. The van der Waals surface area contributed by atoms with Crippen molar-refractivity contribution in [2.75, 3.05) is 18.5 Å². The molecule has 0 saturated heterocycles. The highest BCUT2D eigenvalue weighted by molar-refractivity contribution is 5.97. The fraction of sp³-hybridized carbons (Fsp3) is 0.467. The average Bonchev–Trinajstić information content (AvgIpc) is 2.51. The highest BCUT2D eigenvalue weighted by atomic mass is 16.5. The maximum Gasteiger partial charge on any atom is 0.257 e. The molecule has 1 rings (SSSR count). The number of carbonyl (C=O) groups excluding carboxylic acids is 1. The van der Waals surface area contributed by atoms with E-state index in [1.165, 1.54) is 18.5 Å². The number of carbonyl (C=O) groups is 1. The van der Waals surface area contributed by atoms with Gasteiger partial charge in [-0.15, -0.1) is 0 Å². The quantitative estimate of drug-likeness (QED) is 0.124. The van der Waals surface area contributed by atoms with Crippen molar-refractivity contribution in [3.63, 3.8) is 0 Å². The number of hydrogen-bond acceptors (Lipinski definition) is 5. The van der Waals surface area contributed by atoms with E-state index in [0.717, 1.165) is 11.2 Å². The van der Waals surface area contributed by atoms with Crippen molar-refractivity contribution >= 4 is 17.6 Å². The van der Waals surface area contributed by atoms with Crippen LogP contribution in [-0.4, -0.2) is 40.9 Å². The van der Waals surface area contributed by atoms with E-state index in [0.29, 0.717) is 5.69 Å². The van der Waals surface area contributed by atoms with Crippen LogP contribution in [-0.2, 0) is 0 Å². The number of nitrogens with zero attached hydrogens (tertiary/aromatic N) is 3. The van der Waals surface area contributed by atoms with E-state index in [2.05, 4.69) is 20.9 Å². The standard InChI is InChI=1S/C15H22N6O3/c1-4-15(2,3)20-14(18-10-16)19-12-7-11(8-21(24)9-12)13(23)17-5-6-22/h7-9,22H,4-6H2,1-3H3,(H3-,17,18,19,20,23,24)/p+1. The van der Waals surface area contributed by atoms with E-state index in [1.54, 1.807) is 6.19 Å². The van der Waals surface area contributed by atoms with E-state index in [9.17, 15) is 10.0 Å². The second-order valence-electron chi connectivity index (χ2n) is 5.66. The summed E-state index contributed by atoms with van der Waals surface area (Å²) in [5.74, 6) is -0.242. The normalized spacial score (nSPS) is 11.5. The minimum atomic E-state index is -0.448. The van der Waals surface area contributed by atoms with Gasteiger partial charge in [-0.25, -0.2) is 4.99 Å². The van der Waals surface area contributed by atoms with Crippen LogP contribution >= 0.6 is 0 Å². The number of nitriles is 1. The summed E-state index contributed by atoms with van der Waals surface area (Å²) in [4.78, 5) is 16.3. The number of hydrogen-bond donors (Lipinski definition) is 5. The van der Waals surface area contributed by atoms with Gasteiger partial charge in [-0.2, -0.15) is 5.26 Å². The van der Waals surface area contributed by atoms with Crippen LogP contribution < -0.4 is 20.7 Å². The Morgan fingerprint density at radius 1 is 1.46 bits per heavy atom. The third-order valence-corrected chi connectivity index (χ3v) is 3.23. The molecule has 1 aromatic heterocycles.